The number of aliphatic carboxylic acids is 2. The standard InChI is InChI=1S/C12H12O4/c1-8(10(13)14)12(2,11(15)16)9-6-4-3-5-7-9/h3-7H,1H2,2H3,(H,13,14)(H,15,16). The Morgan fingerprint density at radius 2 is 1.69 bits per heavy atom. The van der Waals surface area contributed by atoms with Gasteiger partial charge in [-0.2, -0.15) is 0 Å². The smallest absolute Gasteiger partial charge is 0.332 e. The van der Waals surface area contributed by atoms with E-state index < -0.39 is 17.4 Å². The third-order valence-corrected chi connectivity index (χ3v) is 2.64. The van der Waals surface area contributed by atoms with Crippen molar-refractivity contribution in [1.29, 1.82) is 0 Å². The highest BCUT2D eigenvalue weighted by molar-refractivity contribution is 5.99. The van der Waals surface area contributed by atoms with Gasteiger partial charge in [-0.05, 0) is 12.5 Å². The number of benzene rings is 1. The van der Waals surface area contributed by atoms with Crippen LogP contribution in [0.1, 0.15) is 12.5 Å². The Kier molecular flexibility index (Phi) is 3.13. The van der Waals surface area contributed by atoms with E-state index in [0.717, 1.165) is 0 Å². The van der Waals surface area contributed by atoms with Crippen LogP contribution in [0.25, 0.3) is 0 Å². The molecule has 0 aliphatic rings. The van der Waals surface area contributed by atoms with Crippen molar-refractivity contribution in [2.45, 2.75) is 12.3 Å². The number of carboxylic acids is 2. The summed E-state index contributed by atoms with van der Waals surface area (Å²) in [6.07, 6.45) is 0. The normalized spacial score (nSPS) is 13.8. The van der Waals surface area contributed by atoms with Crippen LogP contribution in [-0.2, 0) is 15.0 Å². The highest BCUT2D eigenvalue weighted by Crippen LogP contribution is 2.31. The molecule has 4 nitrogen and oxygen atoms in total. The summed E-state index contributed by atoms with van der Waals surface area (Å²) >= 11 is 0. The number of carbonyl (C=O) groups is 2. The van der Waals surface area contributed by atoms with Crippen LogP contribution >= 0.6 is 0 Å². The molecule has 4 heteroatoms. The predicted molar refractivity (Wildman–Crippen MR) is 58.2 cm³/mol. The van der Waals surface area contributed by atoms with Crippen molar-refractivity contribution in [3.63, 3.8) is 0 Å². The molecule has 16 heavy (non-hydrogen) atoms. The van der Waals surface area contributed by atoms with Gasteiger partial charge in [-0.15, -0.1) is 0 Å². The van der Waals surface area contributed by atoms with Crippen molar-refractivity contribution in [2.75, 3.05) is 0 Å². The summed E-state index contributed by atoms with van der Waals surface area (Å²) < 4.78 is 0. The second-order valence-corrected chi connectivity index (χ2v) is 3.58. The molecule has 2 N–H and O–H groups in total. The molecule has 0 saturated heterocycles. The lowest BCUT2D eigenvalue weighted by Crippen LogP contribution is -2.37. The van der Waals surface area contributed by atoms with E-state index in [1.165, 1.54) is 6.92 Å². The molecule has 0 fully saturated rings. The molecule has 0 radical (unpaired) electrons. The quantitative estimate of drug-likeness (QED) is 0.757. The van der Waals surface area contributed by atoms with Crippen LogP contribution in [0.15, 0.2) is 42.5 Å². The molecule has 1 rings (SSSR count). The average molecular weight is 220 g/mol. The maximum atomic E-state index is 11.2. The van der Waals surface area contributed by atoms with Crippen molar-refractivity contribution in [3.8, 4) is 0 Å². The molecule has 0 saturated carbocycles. The summed E-state index contributed by atoms with van der Waals surface area (Å²) in [6.45, 7) is 4.68. The Hall–Kier alpha value is -2.10. The van der Waals surface area contributed by atoms with Crippen LogP contribution < -0.4 is 0 Å². The molecule has 0 spiro atoms. The topological polar surface area (TPSA) is 74.6 Å². The summed E-state index contributed by atoms with van der Waals surface area (Å²) in [5.41, 5.74) is -1.56. The maximum Gasteiger partial charge on any atom is 0.332 e. The fraction of sp³-hybridized carbons (Fsp3) is 0.167. The molecule has 1 aromatic rings. The van der Waals surface area contributed by atoms with Gasteiger partial charge in [-0.1, -0.05) is 36.9 Å². The van der Waals surface area contributed by atoms with Crippen molar-refractivity contribution in [1.82, 2.24) is 0 Å². The van der Waals surface area contributed by atoms with Crippen molar-refractivity contribution < 1.29 is 19.8 Å². The van der Waals surface area contributed by atoms with E-state index in [1.807, 2.05) is 0 Å². The Bertz CT molecular complexity index is 436. The maximum absolute atomic E-state index is 11.2. The summed E-state index contributed by atoms with van der Waals surface area (Å²) in [5, 5.41) is 18.0. The highest BCUT2D eigenvalue weighted by atomic mass is 16.4. The SMILES string of the molecule is C=C(C(=O)O)C(C)(C(=O)O)c1ccccc1. The van der Waals surface area contributed by atoms with E-state index in [9.17, 15) is 14.7 Å². The molecule has 0 bridgehead atoms. The molecule has 0 aliphatic heterocycles. The van der Waals surface area contributed by atoms with Crippen molar-refractivity contribution in [3.05, 3.63) is 48.0 Å². The van der Waals surface area contributed by atoms with E-state index >= 15 is 0 Å². The van der Waals surface area contributed by atoms with Crippen LogP contribution in [0.4, 0.5) is 0 Å². The van der Waals surface area contributed by atoms with E-state index in [0.29, 0.717) is 5.56 Å². The molecular formula is C12H12O4. The summed E-state index contributed by atoms with van der Waals surface area (Å²) in [4.78, 5) is 22.1. The van der Waals surface area contributed by atoms with Gasteiger partial charge in [0.25, 0.3) is 0 Å². The second-order valence-electron chi connectivity index (χ2n) is 3.58. The summed E-state index contributed by atoms with van der Waals surface area (Å²) in [6, 6.07) is 8.19. The van der Waals surface area contributed by atoms with Crippen LogP contribution in [0, 0.1) is 0 Å². The van der Waals surface area contributed by atoms with Gasteiger partial charge in [0, 0.05) is 0 Å². The number of hydrogen-bond acceptors (Lipinski definition) is 2. The van der Waals surface area contributed by atoms with E-state index in [2.05, 4.69) is 6.58 Å². The lowest BCUT2D eigenvalue weighted by Gasteiger charge is -2.25. The molecular weight excluding hydrogens is 208 g/mol. The zero-order chi connectivity index (χ0) is 12.3. The van der Waals surface area contributed by atoms with Crippen LogP contribution in [0.5, 0.6) is 0 Å². The second kappa shape index (κ2) is 4.18. The summed E-state index contributed by atoms with van der Waals surface area (Å²) in [5.74, 6) is -2.54. The number of hydrogen-bond donors (Lipinski definition) is 2. The van der Waals surface area contributed by atoms with Gasteiger partial charge in [0.05, 0.1) is 5.57 Å². The van der Waals surface area contributed by atoms with E-state index in [4.69, 9.17) is 5.11 Å². The van der Waals surface area contributed by atoms with Gasteiger partial charge in [0.15, 0.2) is 0 Å². The minimum atomic E-state index is -1.60. The van der Waals surface area contributed by atoms with Gasteiger partial charge in [-0.3, -0.25) is 4.79 Å². The van der Waals surface area contributed by atoms with Gasteiger partial charge < -0.3 is 10.2 Å². The van der Waals surface area contributed by atoms with Crippen LogP contribution in [-0.4, -0.2) is 22.2 Å². The molecule has 1 aromatic carbocycles. The number of rotatable bonds is 4. The predicted octanol–water partition coefficient (Wildman–Crippen LogP) is 1.67. The van der Waals surface area contributed by atoms with Crippen LogP contribution in [0.2, 0.25) is 0 Å². The lowest BCUT2D eigenvalue weighted by atomic mass is 9.76. The van der Waals surface area contributed by atoms with Crippen molar-refractivity contribution >= 4 is 11.9 Å². The molecule has 0 amide bonds. The van der Waals surface area contributed by atoms with E-state index in [1.54, 1.807) is 30.3 Å². The molecule has 0 heterocycles. The zero-order valence-corrected chi connectivity index (χ0v) is 8.80. The average Bonchev–Trinajstić information content (AvgIpc) is 2.27. The Morgan fingerprint density at radius 1 is 1.19 bits per heavy atom. The minimum Gasteiger partial charge on any atom is -0.480 e. The van der Waals surface area contributed by atoms with Gasteiger partial charge in [0.1, 0.15) is 5.41 Å². The third-order valence-electron chi connectivity index (χ3n) is 2.64. The van der Waals surface area contributed by atoms with Crippen molar-refractivity contribution in [2.24, 2.45) is 0 Å². The first-order valence-corrected chi connectivity index (χ1v) is 4.62. The first kappa shape index (κ1) is 12.0. The van der Waals surface area contributed by atoms with Gasteiger partial charge >= 0.3 is 11.9 Å². The molecule has 1 unspecified atom stereocenters. The Balaban J connectivity index is 3.34. The van der Waals surface area contributed by atoms with E-state index in [-0.39, 0.29) is 5.57 Å². The molecule has 1 atom stereocenters. The Labute approximate surface area is 92.8 Å². The summed E-state index contributed by atoms with van der Waals surface area (Å²) in [7, 11) is 0. The zero-order valence-electron chi connectivity index (χ0n) is 8.80. The number of carboxylic acid groups (broad SMARTS) is 2. The minimum absolute atomic E-state index is 0.355. The molecule has 84 valence electrons. The van der Waals surface area contributed by atoms with Gasteiger partial charge in [-0.25, -0.2) is 4.79 Å². The lowest BCUT2D eigenvalue weighted by molar-refractivity contribution is -0.145. The Morgan fingerprint density at radius 3 is 2.06 bits per heavy atom. The first-order valence-electron chi connectivity index (χ1n) is 4.62. The largest absolute Gasteiger partial charge is 0.480 e. The third kappa shape index (κ3) is 1.82. The fourth-order valence-electron chi connectivity index (χ4n) is 1.41. The van der Waals surface area contributed by atoms with Gasteiger partial charge in [0.2, 0.25) is 0 Å². The van der Waals surface area contributed by atoms with Crippen LogP contribution in [0.3, 0.4) is 0 Å². The fourth-order valence-corrected chi connectivity index (χ4v) is 1.41. The molecule has 0 aliphatic carbocycles. The highest BCUT2D eigenvalue weighted by Gasteiger charge is 2.41. The monoisotopic (exact) mass is 220 g/mol. The molecule has 0 aromatic heterocycles. The first-order chi connectivity index (χ1) is 7.40.